The summed E-state index contributed by atoms with van der Waals surface area (Å²) in [6.45, 7) is 2.90. The van der Waals surface area contributed by atoms with Crippen LogP contribution in [0.4, 0.5) is 0 Å². The summed E-state index contributed by atoms with van der Waals surface area (Å²) in [7, 11) is 0. The number of hydrogen-bond donors (Lipinski definition) is 1. The number of nitrogens with zero attached hydrogens (tertiary/aromatic N) is 2. The average Bonchev–Trinajstić information content (AvgIpc) is 3.28. The van der Waals surface area contributed by atoms with Gasteiger partial charge in [0.2, 0.25) is 0 Å². The van der Waals surface area contributed by atoms with Crippen LogP contribution in [0, 0.1) is 12.8 Å². The predicted molar refractivity (Wildman–Crippen MR) is 116 cm³/mol. The highest BCUT2D eigenvalue weighted by Crippen LogP contribution is 2.34. The highest BCUT2D eigenvalue weighted by Gasteiger charge is 2.22. The van der Waals surface area contributed by atoms with Crippen molar-refractivity contribution in [3.8, 4) is 22.0 Å². The lowest BCUT2D eigenvalue weighted by atomic mass is 9.89. The molecule has 1 amide bonds. The minimum Gasteiger partial charge on any atom is -0.366 e. The fourth-order valence-electron chi connectivity index (χ4n) is 4.12. The van der Waals surface area contributed by atoms with Gasteiger partial charge >= 0.3 is 0 Å². The zero-order valence-corrected chi connectivity index (χ0v) is 17.5. The van der Waals surface area contributed by atoms with E-state index in [2.05, 4.69) is 4.57 Å². The number of halogens is 1. The van der Waals surface area contributed by atoms with Gasteiger partial charge in [0.15, 0.2) is 0 Å². The van der Waals surface area contributed by atoms with E-state index in [0.717, 1.165) is 34.2 Å². The molecule has 0 bridgehead atoms. The Kier molecular flexibility index (Phi) is 5.56. The minimum atomic E-state index is -0.383. The van der Waals surface area contributed by atoms with Gasteiger partial charge in [-0.3, -0.25) is 4.79 Å². The van der Waals surface area contributed by atoms with Crippen molar-refractivity contribution in [1.29, 1.82) is 0 Å². The fraction of sp³-hybridized carbons (Fsp3) is 0.364. The number of carbonyl (C=O) groups excluding carboxylic acids is 1. The molecule has 0 saturated heterocycles. The maximum atomic E-state index is 12.0. The smallest absolute Gasteiger partial charge is 0.250 e. The molecule has 1 fully saturated rings. The van der Waals surface area contributed by atoms with Crippen LogP contribution in [0.25, 0.3) is 22.0 Å². The predicted octanol–water partition coefficient (Wildman–Crippen LogP) is 5.92. The van der Waals surface area contributed by atoms with Crippen molar-refractivity contribution in [1.82, 2.24) is 9.55 Å². The summed E-state index contributed by atoms with van der Waals surface area (Å²) in [5.41, 5.74) is 10.0. The fourth-order valence-corrected chi connectivity index (χ4v) is 5.12. The molecule has 4 rings (SSSR count). The van der Waals surface area contributed by atoms with Crippen LogP contribution in [0.15, 0.2) is 35.7 Å². The van der Waals surface area contributed by atoms with E-state index in [9.17, 15) is 4.79 Å². The Hall–Kier alpha value is -2.11. The van der Waals surface area contributed by atoms with Gasteiger partial charge in [0, 0.05) is 28.2 Å². The lowest BCUT2D eigenvalue weighted by molar-refractivity contribution is 0.0999. The van der Waals surface area contributed by atoms with Crippen LogP contribution < -0.4 is 5.73 Å². The maximum absolute atomic E-state index is 12.0. The second-order valence-corrected chi connectivity index (χ2v) is 8.85. The highest BCUT2D eigenvalue weighted by atomic mass is 35.5. The first-order valence-electron chi connectivity index (χ1n) is 9.74. The van der Waals surface area contributed by atoms with E-state index in [-0.39, 0.29) is 5.91 Å². The molecule has 0 radical (unpaired) electrons. The Bertz CT molecular complexity index is 1000. The molecule has 1 aliphatic carbocycles. The number of thiazole rings is 1. The molecular weight excluding hydrogens is 390 g/mol. The van der Waals surface area contributed by atoms with Crippen molar-refractivity contribution in [2.45, 2.75) is 45.6 Å². The van der Waals surface area contributed by atoms with Crippen molar-refractivity contribution in [2.75, 3.05) is 0 Å². The van der Waals surface area contributed by atoms with E-state index in [1.54, 1.807) is 11.3 Å². The number of amides is 1. The summed E-state index contributed by atoms with van der Waals surface area (Å²) in [5, 5.41) is 3.66. The first-order valence-corrected chi connectivity index (χ1v) is 11.0. The molecule has 2 heterocycles. The number of carbonyl (C=O) groups is 1. The highest BCUT2D eigenvalue weighted by molar-refractivity contribution is 7.13. The van der Waals surface area contributed by atoms with E-state index >= 15 is 0 Å². The summed E-state index contributed by atoms with van der Waals surface area (Å²) in [4.78, 5) is 16.8. The SMILES string of the molecule is Cc1c(C(N)=O)cc(-c2csc(-c3cccc(Cl)c3)n2)n1CC1CCCCC1. The average molecular weight is 414 g/mol. The summed E-state index contributed by atoms with van der Waals surface area (Å²) in [5.74, 6) is 0.261. The summed E-state index contributed by atoms with van der Waals surface area (Å²) in [6, 6.07) is 9.62. The van der Waals surface area contributed by atoms with E-state index in [4.69, 9.17) is 22.3 Å². The number of nitrogens with two attached hydrogens (primary N) is 1. The van der Waals surface area contributed by atoms with Crippen LogP contribution in [0.2, 0.25) is 5.02 Å². The molecule has 3 aromatic rings. The number of hydrogen-bond acceptors (Lipinski definition) is 3. The van der Waals surface area contributed by atoms with Gasteiger partial charge in [0.05, 0.1) is 17.0 Å². The molecule has 2 N–H and O–H groups in total. The Balaban J connectivity index is 1.72. The summed E-state index contributed by atoms with van der Waals surface area (Å²) < 4.78 is 2.24. The van der Waals surface area contributed by atoms with Gasteiger partial charge in [0.1, 0.15) is 5.01 Å². The second kappa shape index (κ2) is 8.10. The molecule has 6 heteroatoms. The van der Waals surface area contributed by atoms with Crippen molar-refractivity contribution in [2.24, 2.45) is 11.7 Å². The molecule has 1 aliphatic rings. The molecule has 0 spiro atoms. The summed E-state index contributed by atoms with van der Waals surface area (Å²) in [6.07, 6.45) is 6.40. The first-order chi connectivity index (χ1) is 13.5. The molecule has 4 nitrogen and oxygen atoms in total. The normalized spacial score (nSPS) is 15.1. The van der Waals surface area contributed by atoms with Crippen LogP contribution in [0.5, 0.6) is 0 Å². The molecule has 1 aromatic carbocycles. The molecule has 1 saturated carbocycles. The number of aromatic nitrogens is 2. The number of primary amides is 1. The molecule has 0 atom stereocenters. The van der Waals surface area contributed by atoms with Crippen molar-refractivity contribution in [3.63, 3.8) is 0 Å². The zero-order valence-electron chi connectivity index (χ0n) is 16.0. The van der Waals surface area contributed by atoms with Gasteiger partial charge in [0.25, 0.3) is 5.91 Å². The lowest BCUT2D eigenvalue weighted by Gasteiger charge is -2.24. The second-order valence-electron chi connectivity index (χ2n) is 7.56. The van der Waals surface area contributed by atoms with Crippen molar-refractivity contribution >= 4 is 28.8 Å². The van der Waals surface area contributed by atoms with E-state index in [1.807, 2.05) is 42.6 Å². The van der Waals surface area contributed by atoms with Gasteiger partial charge in [-0.25, -0.2) is 4.98 Å². The maximum Gasteiger partial charge on any atom is 0.250 e. The van der Waals surface area contributed by atoms with E-state index in [0.29, 0.717) is 16.5 Å². The van der Waals surface area contributed by atoms with Crippen LogP contribution in [-0.2, 0) is 6.54 Å². The molecule has 2 aromatic heterocycles. The van der Waals surface area contributed by atoms with Crippen LogP contribution >= 0.6 is 22.9 Å². The van der Waals surface area contributed by atoms with Gasteiger partial charge in [-0.15, -0.1) is 11.3 Å². The van der Waals surface area contributed by atoms with Gasteiger partial charge in [-0.05, 0) is 43.9 Å². The Morgan fingerprint density at radius 2 is 2.07 bits per heavy atom. The summed E-state index contributed by atoms with van der Waals surface area (Å²) >= 11 is 7.72. The molecule has 0 unspecified atom stereocenters. The third-order valence-corrected chi connectivity index (χ3v) is 6.76. The van der Waals surface area contributed by atoms with Gasteiger partial charge < -0.3 is 10.3 Å². The number of benzene rings is 1. The van der Waals surface area contributed by atoms with Crippen molar-refractivity contribution < 1.29 is 4.79 Å². The molecular formula is C22H24ClN3OS. The van der Waals surface area contributed by atoms with E-state index in [1.165, 1.54) is 32.1 Å². The van der Waals surface area contributed by atoms with Gasteiger partial charge in [-0.2, -0.15) is 0 Å². The molecule has 0 aliphatic heterocycles. The van der Waals surface area contributed by atoms with E-state index < -0.39 is 0 Å². The zero-order chi connectivity index (χ0) is 19.7. The Labute approximate surface area is 174 Å². The monoisotopic (exact) mass is 413 g/mol. The number of rotatable bonds is 5. The lowest BCUT2D eigenvalue weighted by Crippen LogP contribution is -2.17. The van der Waals surface area contributed by atoms with Crippen molar-refractivity contribution in [3.05, 3.63) is 52.0 Å². The van der Waals surface area contributed by atoms with Gasteiger partial charge in [-0.1, -0.05) is 43.0 Å². The Morgan fingerprint density at radius 3 is 2.79 bits per heavy atom. The third-order valence-electron chi connectivity index (χ3n) is 5.64. The quantitative estimate of drug-likeness (QED) is 0.564. The topological polar surface area (TPSA) is 60.9 Å². The van der Waals surface area contributed by atoms with Crippen LogP contribution in [-0.4, -0.2) is 15.5 Å². The minimum absolute atomic E-state index is 0.383. The Morgan fingerprint density at radius 1 is 1.29 bits per heavy atom. The standard InChI is InChI=1S/C22H24ClN3OS/c1-14-18(21(24)27)11-20(26(14)12-15-6-3-2-4-7-15)19-13-28-22(25-19)16-8-5-9-17(23)10-16/h5,8-11,13,15H,2-4,6-7,12H2,1H3,(H2,24,27). The van der Waals surface area contributed by atoms with Crippen LogP contribution in [0.3, 0.4) is 0 Å². The first kappa shape index (κ1) is 19.2. The van der Waals surface area contributed by atoms with Crippen LogP contribution in [0.1, 0.15) is 48.2 Å². The molecule has 28 heavy (non-hydrogen) atoms. The third kappa shape index (κ3) is 3.87. The largest absolute Gasteiger partial charge is 0.366 e. The molecule has 146 valence electrons.